The Morgan fingerprint density at radius 2 is 2.04 bits per heavy atom. The molecule has 3 rings (SSSR count). The van der Waals surface area contributed by atoms with Crippen molar-refractivity contribution in [1.82, 2.24) is 10.2 Å². The number of nitrogens with one attached hydrogen (secondary N) is 2. The molecule has 1 unspecified atom stereocenters. The van der Waals surface area contributed by atoms with Crippen LogP contribution in [-0.4, -0.2) is 51.5 Å². The Morgan fingerprint density at radius 1 is 1.33 bits per heavy atom. The number of carbonyl (C=O) groups excluding carboxylic acids is 2. The third-order valence-electron chi connectivity index (χ3n) is 3.67. The number of carboxylic acids is 1. The molecule has 0 aliphatic carbocycles. The molecule has 1 aromatic carbocycles. The lowest BCUT2D eigenvalue weighted by molar-refractivity contribution is -0.150. The fraction of sp³-hybridized carbons (Fsp3) is 0.267. The highest BCUT2D eigenvalue weighted by molar-refractivity contribution is 8.00. The van der Waals surface area contributed by atoms with Crippen LogP contribution in [0.3, 0.4) is 0 Å². The van der Waals surface area contributed by atoms with Crippen molar-refractivity contribution in [3.05, 3.63) is 41.1 Å². The van der Waals surface area contributed by atoms with E-state index in [4.69, 9.17) is 11.6 Å². The van der Waals surface area contributed by atoms with Crippen LogP contribution in [0, 0.1) is 0 Å². The second-order valence-electron chi connectivity index (χ2n) is 5.23. The molecule has 2 amide bonds. The molecule has 1 saturated heterocycles. The molecule has 0 bridgehead atoms. The highest BCUT2D eigenvalue weighted by Gasteiger charge is 2.54. The number of carboxylic acid groups (broad SMARTS) is 1. The van der Waals surface area contributed by atoms with Gasteiger partial charge in [-0.05, 0) is 12.1 Å². The van der Waals surface area contributed by atoms with Crippen LogP contribution in [0.1, 0.15) is 0 Å². The third-order valence-corrected chi connectivity index (χ3v) is 5.42. The number of nitrogens with zero attached hydrogens (tertiary/aromatic N) is 1. The highest BCUT2D eigenvalue weighted by atomic mass is 35.5. The smallest absolute Gasteiger partial charge is 0.353 e. The Kier molecular flexibility index (Phi) is 4.68. The molecule has 0 saturated carbocycles. The molecule has 1 fully saturated rings. The minimum Gasteiger partial charge on any atom is -0.477 e. The van der Waals surface area contributed by atoms with Gasteiger partial charge in [0, 0.05) is 11.4 Å². The number of amides is 2. The van der Waals surface area contributed by atoms with Gasteiger partial charge in [0.05, 0.1) is 11.6 Å². The van der Waals surface area contributed by atoms with E-state index in [2.05, 4.69) is 10.6 Å². The molecular weight excluding hydrogens is 354 g/mol. The van der Waals surface area contributed by atoms with Gasteiger partial charge in [0.2, 0.25) is 5.91 Å². The van der Waals surface area contributed by atoms with E-state index in [9.17, 15) is 19.5 Å². The first-order valence-electron chi connectivity index (χ1n) is 7.14. The van der Waals surface area contributed by atoms with Gasteiger partial charge in [-0.25, -0.2) is 4.79 Å². The number of anilines is 1. The summed E-state index contributed by atoms with van der Waals surface area (Å²) in [5.74, 6) is -1.74. The van der Waals surface area contributed by atoms with Crippen LogP contribution >= 0.6 is 23.4 Å². The highest BCUT2D eigenvalue weighted by Crippen LogP contribution is 2.41. The van der Waals surface area contributed by atoms with Crippen LogP contribution in [-0.2, 0) is 14.4 Å². The van der Waals surface area contributed by atoms with E-state index in [-0.39, 0.29) is 23.2 Å². The fourth-order valence-electron chi connectivity index (χ4n) is 2.54. The second-order valence-corrected chi connectivity index (χ2v) is 6.79. The van der Waals surface area contributed by atoms with Gasteiger partial charge in [0.25, 0.3) is 5.91 Å². The van der Waals surface area contributed by atoms with Gasteiger partial charge in [-0.1, -0.05) is 29.8 Å². The molecule has 9 heteroatoms. The Balaban J connectivity index is 1.59. The Morgan fingerprint density at radius 3 is 2.71 bits per heavy atom. The van der Waals surface area contributed by atoms with E-state index < -0.39 is 23.3 Å². The zero-order chi connectivity index (χ0) is 17.3. The van der Waals surface area contributed by atoms with E-state index >= 15 is 0 Å². The summed E-state index contributed by atoms with van der Waals surface area (Å²) in [7, 11) is 0. The Bertz CT molecular complexity index is 725. The molecule has 126 valence electrons. The zero-order valence-electron chi connectivity index (χ0n) is 12.4. The van der Waals surface area contributed by atoms with Gasteiger partial charge in [-0.15, -0.1) is 11.8 Å². The number of benzene rings is 1. The minimum absolute atomic E-state index is 0.0214. The van der Waals surface area contributed by atoms with E-state index in [0.29, 0.717) is 5.75 Å². The van der Waals surface area contributed by atoms with Crippen LogP contribution in [0.2, 0.25) is 0 Å². The second kappa shape index (κ2) is 6.74. The predicted molar refractivity (Wildman–Crippen MR) is 90.5 cm³/mol. The Hall–Kier alpha value is -2.19. The minimum atomic E-state index is -1.24. The number of halogens is 1. The van der Waals surface area contributed by atoms with Crippen LogP contribution in [0.15, 0.2) is 41.1 Å². The first kappa shape index (κ1) is 16.7. The van der Waals surface area contributed by atoms with Crippen molar-refractivity contribution in [2.45, 2.75) is 11.4 Å². The maximum atomic E-state index is 12.2. The van der Waals surface area contributed by atoms with Gasteiger partial charge in [-0.2, -0.15) is 0 Å². The number of fused-ring (bicyclic) bond motifs is 1. The Labute approximate surface area is 147 Å². The standard InChI is InChI=1S/C15H14ClN3O4S/c16-9-7-24-14-11(13(21)19(14)12(9)15(22)23)18-10(20)6-17-8-4-2-1-3-5-8/h1-5,11,14,17H,6-7H2,(H,18,20)(H,22,23)/t11?,14-/m1/s1. The number of β-lactam (4-membered cyclic amide) rings is 1. The molecule has 2 aliphatic rings. The SMILES string of the molecule is O=C(CNc1ccccc1)NC1C(=O)N2C(C(=O)O)=C(Cl)CS[C@H]12. The molecule has 0 spiro atoms. The van der Waals surface area contributed by atoms with Crippen molar-refractivity contribution in [2.75, 3.05) is 17.6 Å². The molecule has 1 aromatic rings. The summed E-state index contributed by atoms with van der Waals surface area (Å²) in [5.41, 5.74) is 0.599. The molecule has 3 N–H and O–H groups in total. The van der Waals surface area contributed by atoms with Gasteiger partial charge in [0.15, 0.2) is 0 Å². The lowest BCUT2D eigenvalue weighted by Gasteiger charge is -2.48. The summed E-state index contributed by atoms with van der Waals surface area (Å²) in [6.45, 7) is 0.0214. The monoisotopic (exact) mass is 367 g/mol. The number of carbonyl (C=O) groups is 3. The summed E-state index contributed by atoms with van der Waals surface area (Å²) in [6, 6.07) is 8.47. The molecule has 7 nitrogen and oxygen atoms in total. The van der Waals surface area contributed by atoms with Gasteiger partial charge < -0.3 is 15.7 Å². The number of hydrogen-bond acceptors (Lipinski definition) is 5. The van der Waals surface area contributed by atoms with Crippen LogP contribution < -0.4 is 10.6 Å². The number of para-hydroxylation sites is 1. The maximum absolute atomic E-state index is 12.2. The summed E-state index contributed by atoms with van der Waals surface area (Å²) >= 11 is 7.22. The van der Waals surface area contributed by atoms with E-state index in [1.54, 1.807) is 0 Å². The predicted octanol–water partition coefficient (Wildman–Crippen LogP) is 1.03. The van der Waals surface area contributed by atoms with E-state index in [1.807, 2.05) is 30.3 Å². The molecule has 24 heavy (non-hydrogen) atoms. The zero-order valence-corrected chi connectivity index (χ0v) is 13.9. The first-order valence-corrected chi connectivity index (χ1v) is 8.56. The van der Waals surface area contributed by atoms with E-state index in [0.717, 1.165) is 10.6 Å². The van der Waals surface area contributed by atoms with Crippen LogP contribution in [0.25, 0.3) is 0 Å². The van der Waals surface area contributed by atoms with Crippen molar-refractivity contribution in [1.29, 1.82) is 0 Å². The molecular formula is C15H14ClN3O4S. The molecule has 2 atom stereocenters. The van der Waals surface area contributed by atoms with E-state index in [1.165, 1.54) is 11.8 Å². The fourth-order valence-corrected chi connectivity index (χ4v) is 4.09. The molecule has 0 aromatic heterocycles. The number of thioether (sulfide) groups is 1. The molecule has 2 aliphatic heterocycles. The van der Waals surface area contributed by atoms with Crippen molar-refractivity contribution < 1.29 is 19.5 Å². The third kappa shape index (κ3) is 3.07. The number of aliphatic carboxylic acids is 1. The largest absolute Gasteiger partial charge is 0.477 e. The topological polar surface area (TPSA) is 98.7 Å². The maximum Gasteiger partial charge on any atom is 0.353 e. The average Bonchev–Trinajstić information content (AvgIpc) is 2.58. The summed E-state index contributed by atoms with van der Waals surface area (Å²) in [5, 5.41) is 14.5. The molecule has 0 radical (unpaired) electrons. The first-order chi connectivity index (χ1) is 11.5. The van der Waals surface area contributed by atoms with Crippen molar-refractivity contribution in [3.63, 3.8) is 0 Å². The van der Waals surface area contributed by atoms with Crippen LogP contribution in [0.5, 0.6) is 0 Å². The lowest BCUT2D eigenvalue weighted by Crippen LogP contribution is -2.70. The summed E-state index contributed by atoms with van der Waals surface area (Å²) < 4.78 is 0. The normalized spacial score (nSPS) is 22.5. The van der Waals surface area contributed by atoms with Gasteiger partial charge >= 0.3 is 5.97 Å². The van der Waals surface area contributed by atoms with Gasteiger partial charge in [-0.3, -0.25) is 14.5 Å². The van der Waals surface area contributed by atoms with Gasteiger partial charge in [0.1, 0.15) is 17.1 Å². The number of rotatable bonds is 5. The summed E-state index contributed by atoms with van der Waals surface area (Å²) in [6.07, 6.45) is 0. The quantitative estimate of drug-likeness (QED) is 0.672. The van der Waals surface area contributed by atoms with Crippen molar-refractivity contribution in [3.8, 4) is 0 Å². The lowest BCUT2D eigenvalue weighted by atomic mass is 10.1. The summed E-state index contributed by atoms with van der Waals surface area (Å²) in [4.78, 5) is 36.6. The average molecular weight is 368 g/mol. The van der Waals surface area contributed by atoms with Crippen LogP contribution in [0.4, 0.5) is 5.69 Å². The number of hydrogen-bond donors (Lipinski definition) is 3. The molecule has 2 heterocycles. The van der Waals surface area contributed by atoms with Crippen molar-refractivity contribution >= 4 is 46.8 Å². The van der Waals surface area contributed by atoms with Crippen molar-refractivity contribution in [2.24, 2.45) is 0 Å².